The summed E-state index contributed by atoms with van der Waals surface area (Å²) in [5.41, 5.74) is 0. The van der Waals surface area contributed by atoms with Gasteiger partial charge in [0, 0.05) is 12.8 Å². The van der Waals surface area contributed by atoms with E-state index in [1.807, 2.05) is 0 Å². The van der Waals surface area contributed by atoms with E-state index in [1.54, 1.807) is 0 Å². The maximum absolute atomic E-state index is 10.2. The van der Waals surface area contributed by atoms with Gasteiger partial charge >= 0.3 is 5.97 Å². The predicted octanol–water partition coefficient (Wildman–Crippen LogP) is 4.39. The van der Waals surface area contributed by atoms with Gasteiger partial charge in [-0.3, -0.25) is 4.79 Å². The van der Waals surface area contributed by atoms with Crippen LogP contribution in [0, 0.1) is 23.7 Å². The van der Waals surface area contributed by atoms with Crippen LogP contribution in [0.4, 0.5) is 0 Å². The molecule has 0 aliphatic heterocycles. The van der Waals surface area contributed by atoms with Crippen LogP contribution < -0.4 is 0 Å². The van der Waals surface area contributed by atoms with Crippen LogP contribution in [0.5, 0.6) is 0 Å². The number of rotatable bonds is 10. The fraction of sp³-hybridized carbons (Fsp3) is 0.706. The topological polar surface area (TPSA) is 37.3 Å². The predicted molar refractivity (Wildman–Crippen MR) is 79.6 cm³/mol. The average Bonchev–Trinajstić information content (AvgIpc) is 2.39. The van der Waals surface area contributed by atoms with Gasteiger partial charge in [-0.1, -0.05) is 63.7 Å². The molecular formula is C17H26O2. The maximum atomic E-state index is 10.2. The van der Waals surface area contributed by atoms with Gasteiger partial charge in [-0.05, 0) is 18.3 Å². The summed E-state index contributed by atoms with van der Waals surface area (Å²) < 4.78 is 0. The highest BCUT2D eigenvalue weighted by Crippen LogP contribution is 2.08. The number of carboxylic acids is 1. The van der Waals surface area contributed by atoms with Gasteiger partial charge in [-0.15, -0.1) is 0 Å². The van der Waals surface area contributed by atoms with Crippen molar-refractivity contribution in [2.45, 2.75) is 77.6 Å². The maximum Gasteiger partial charge on any atom is 0.304 e. The summed E-state index contributed by atoms with van der Waals surface area (Å²) in [5.74, 6) is 10.4. The Morgan fingerprint density at radius 3 is 1.95 bits per heavy atom. The minimum atomic E-state index is -0.804. The van der Waals surface area contributed by atoms with Crippen molar-refractivity contribution in [2.24, 2.45) is 0 Å². The molecule has 0 aliphatic carbocycles. The molecule has 0 aromatic carbocycles. The Morgan fingerprint density at radius 2 is 1.37 bits per heavy atom. The van der Waals surface area contributed by atoms with Gasteiger partial charge in [0.25, 0.3) is 0 Å². The van der Waals surface area contributed by atoms with E-state index in [0.717, 1.165) is 12.8 Å². The Bertz CT molecular complexity index is 336. The number of carbonyl (C=O) groups is 1. The highest BCUT2D eigenvalue weighted by Gasteiger charge is 1.91. The average molecular weight is 262 g/mol. The van der Waals surface area contributed by atoms with Crippen LogP contribution in [-0.2, 0) is 4.79 Å². The zero-order valence-electron chi connectivity index (χ0n) is 12.1. The lowest BCUT2D eigenvalue weighted by atomic mass is 10.1. The summed E-state index contributed by atoms with van der Waals surface area (Å²) in [7, 11) is 0. The molecule has 19 heavy (non-hydrogen) atoms. The molecule has 0 unspecified atom stereocenters. The third-order valence-corrected chi connectivity index (χ3v) is 2.86. The molecule has 0 saturated heterocycles. The van der Waals surface area contributed by atoms with E-state index in [0.29, 0.717) is 6.42 Å². The number of unbranched alkanes of at least 4 members (excludes halogenated alkanes) is 8. The SMILES string of the molecule is CCCCCCCCCCC#CC#CCCC(=O)O. The van der Waals surface area contributed by atoms with Gasteiger partial charge < -0.3 is 5.11 Å². The second-order valence-corrected chi connectivity index (χ2v) is 4.72. The Hall–Kier alpha value is -1.41. The fourth-order valence-corrected chi connectivity index (χ4v) is 1.73. The number of hydrogen-bond donors (Lipinski definition) is 1. The van der Waals surface area contributed by atoms with Crippen molar-refractivity contribution in [1.82, 2.24) is 0 Å². The van der Waals surface area contributed by atoms with E-state index in [-0.39, 0.29) is 6.42 Å². The van der Waals surface area contributed by atoms with Crippen molar-refractivity contribution < 1.29 is 9.90 Å². The van der Waals surface area contributed by atoms with E-state index >= 15 is 0 Å². The minimum absolute atomic E-state index is 0.104. The second kappa shape index (κ2) is 14.7. The van der Waals surface area contributed by atoms with Gasteiger partial charge in [0.15, 0.2) is 0 Å². The van der Waals surface area contributed by atoms with Gasteiger partial charge in [-0.2, -0.15) is 0 Å². The van der Waals surface area contributed by atoms with Crippen LogP contribution in [0.3, 0.4) is 0 Å². The van der Waals surface area contributed by atoms with Crippen LogP contribution in [-0.4, -0.2) is 11.1 Å². The second-order valence-electron chi connectivity index (χ2n) is 4.72. The van der Waals surface area contributed by atoms with Gasteiger partial charge in [0.1, 0.15) is 0 Å². The number of carboxylic acid groups (broad SMARTS) is 1. The summed E-state index contributed by atoms with van der Waals surface area (Å²) in [4.78, 5) is 10.2. The van der Waals surface area contributed by atoms with Crippen molar-refractivity contribution in [3.8, 4) is 23.7 Å². The summed E-state index contributed by atoms with van der Waals surface area (Å²) in [6.07, 6.45) is 11.9. The molecule has 0 spiro atoms. The summed E-state index contributed by atoms with van der Waals surface area (Å²) >= 11 is 0. The van der Waals surface area contributed by atoms with Crippen LogP contribution in [0.15, 0.2) is 0 Å². The highest BCUT2D eigenvalue weighted by atomic mass is 16.4. The molecule has 0 aromatic heterocycles. The molecular weight excluding hydrogens is 236 g/mol. The zero-order valence-corrected chi connectivity index (χ0v) is 12.1. The minimum Gasteiger partial charge on any atom is -0.481 e. The molecule has 0 atom stereocenters. The first-order valence-corrected chi connectivity index (χ1v) is 7.45. The van der Waals surface area contributed by atoms with Gasteiger partial charge in [0.2, 0.25) is 0 Å². The van der Waals surface area contributed by atoms with Crippen molar-refractivity contribution >= 4 is 5.97 Å². The summed E-state index contributed by atoms with van der Waals surface area (Å²) in [6.45, 7) is 2.24. The highest BCUT2D eigenvalue weighted by molar-refractivity contribution is 5.67. The molecule has 1 N–H and O–H groups in total. The number of aliphatic carboxylic acids is 1. The summed E-state index contributed by atoms with van der Waals surface area (Å²) in [6, 6.07) is 0. The molecule has 0 radical (unpaired) electrons. The zero-order chi connectivity index (χ0) is 14.2. The van der Waals surface area contributed by atoms with Gasteiger partial charge in [0.05, 0.1) is 6.42 Å². The lowest BCUT2D eigenvalue weighted by Crippen LogP contribution is -1.91. The van der Waals surface area contributed by atoms with E-state index in [9.17, 15) is 4.79 Å². The molecule has 0 amide bonds. The van der Waals surface area contributed by atoms with E-state index in [4.69, 9.17) is 5.11 Å². The fourth-order valence-electron chi connectivity index (χ4n) is 1.73. The van der Waals surface area contributed by atoms with E-state index in [1.165, 1.54) is 44.9 Å². The van der Waals surface area contributed by atoms with Crippen LogP contribution in [0.1, 0.15) is 77.6 Å². The molecule has 0 rings (SSSR count). The molecule has 0 aliphatic rings. The Balaban J connectivity index is 3.28. The smallest absolute Gasteiger partial charge is 0.304 e. The monoisotopic (exact) mass is 262 g/mol. The lowest BCUT2D eigenvalue weighted by molar-refractivity contribution is -0.136. The Morgan fingerprint density at radius 1 is 0.842 bits per heavy atom. The Kier molecular flexibility index (Phi) is 13.6. The van der Waals surface area contributed by atoms with Crippen LogP contribution in [0.25, 0.3) is 0 Å². The largest absolute Gasteiger partial charge is 0.481 e. The third-order valence-electron chi connectivity index (χ3n) is 2.86. The molecule has 2 nitrogen and oxygen atoms in total. The quantitative estimate of drug-likeness (QED) is 0.468. The van der Waals surface area contributed by atoms with Crippen LogP contribution >= 0.6 is 0 Å². The van der Waals surface area contributed by atoms with Crippen molar-refractivity contribution in [3.05, 3.63) is 0 Å². The first-order chi connectivity index (χ1) is 9.27. The Labute approximate surface area is 118 Å². The number of hydrogen-bond acceptors (Lipinski definition) is 1. The lowest BCUT2D eigenvalue weighted by Gasteiger charge is -1.98. The third kappa shape index (κ3) is 16.6. The molecule has 2 heteroatoms. The normalized spacial score (nSPS) is 9.11. The molecule has 0 fully saturated rings. The molecule has 0 saturated carbocycles. The van der Waals surface area contributed by atoms with Crippen LogP contribution in [0.2, 0.25) is 0 Å². The first-order valence-electron chi connectivity index (χ1n) is 7.45. The molecule has 0 bridgehead atoms. The summed E-state index contributed by atoms with van der Waals surface area (Å²) in [5, 5.41) is 8.40. The first kappa shape index (κ1) is 17.6. The molecule has 0 heterocycles. The van der Waals surface area contributed by atoms with Crippen molar-refractivity contribution in [2.75, 3.05) is 0 Å². The standard InChI is InChI=1S/C17H26O2/c1-2-3-4-5-6-7-8-9-10-11-12-13-14-15-16-17(18)19/h2-10,15-16H2,1H3,(H,18,19). The molecule has 0 aromatic rings. The van der Waals surface area contributed by atoms with E-state index in [2.05, 4.69) is 30.6 Å². The van der Waals surface area contributed by atoms with Gasteiger partial charge in [-0.25, -0.2) is 0 Å². The van der Waals surface area contributed by atoms with E-state index < -0.39 is 5.97 Å². The van der Waals surface area contributed by atoms with Crippen molar-refractivity contribution in [3.63, 3.8) is 0 Å². The van der Waals surface area contributed by atoms with Crippen molar-refractivity contribution in [1.29, 1.82) is 0 Å². The molecule has 106 valence electrons.